The van der Waals surface area contributed by atoms with Crippen LogP contribution in [0.5, 0.6) is 0 Å². The molecule has 1 aromatic carbocycles. The van der Waals surface area contributed by atoms with E-state index in [0.29, 0.717) is 19.7 Å². The first kappa shape index (κ1) is 17.0. The Morgan fingerprint density at radius 2 is 2.29 bits per heavy atom. The number of thiazole rings is 1. The standard InChI is InChI=1S/C17H19FN2O3S/c1-17(22-2,12-5-3-4-6-13(12)18)16(21)20-8-9-23-14(11-20)15-19-7-10-24-15/h3-7,10,14H,8-9,11H2,1-2H3. The average molecular weight is 350 g/mol. The highest BCUT2D eigenvalue weighted by molar-refractivity contribution is 7.09. The number of halogens is 1. The number of rotatable bonds is 4. The van der Waals surface area contributed by atoms with Gasteiger partial charge in [-0.2, -0.15) is 0 Å². The van der Waals surface area contributed by atoms with Crippen LogP contribution in [0.4, 0.5) is 4.39 Å². The van der Waals surface area contributed by atoms with E-state index in [1.165, 1.54) is 24.5 Å². The van der Waals surface area contributed by atoms with E-state index in [2.05, 4.69) is 4.98 Å². The summed E-state index contributed by atoms with van der Waals surface area (Å²) in [4.78, 5) is 19.0. The lowest BCUT2D eigenvalue weighted by molar-refractivity contribution is -0.162. The summed E-state index contributed by atoms with van der Waals surface area (Å²) in [6, 6.07) is 6.19. The fraction of sp³-hybridized carbons (Fsp3) is 0.412. The molecule has 2 unspecified atom stereocenters. The van der Waals surface area contributed by atoms with E-state index in [1.807, 2.05) is 5.38 Å². The quantitative estimate of drug-likeness (QED) is 0.851. The number of amides is 1. The maximum atomic E-state index is 14.2. The molecule has 24 heavy (non-hydrogen) atoms. The first-order chi connectivity index (χ1) is 11.6. The van der Waals surface area contributed by atoms with Crippen LogP contribution in [-0.4, -0.2) is 42.6 Å². The van der Waals surface area contributed by atoms with Crippen LogP contribution >= 0.6 is 11.3 Å². The zero-order valence-electron chi connectivity index (χ0n) is 13.6. The highest BCUT2D eigenvalue weighted by atomic mass is 32.1. The summed E-state index contributed by atoms with van der Waals surface area (Å²) in [6.07, 6.45) is 1.45. The Bertz CT molecular complexity index is 710. The number of nitrogens with zero attached hydrogens (tertiary/aromatic N) is 2. The minimum Gasteiger partial charge on any atom is -0.367 e. The van der Waals surface area contributed by atoms with E-state index in [9.17, 15) is 9.18 Å². The molecule has 7 heteroatoms. The number of carbonyl (C=O) groups excluding carboxylic acids is 1. The summed E-state index contributed by atoms with van der Waals surface area (Å²) in [5, 5.41) is 2.70. The first-order valence-electron chi connectivity index (χ1n) is 7.67. The Hall–Kier alpha value is -1.83. The van der Waals surface area contributed by atoms with Crippen molar-refractivity contribution in [2.45, 2.75) is 18.6 Å². The Kier molecular flexibility index (Phi) is 4.93. The Morgan fingerprint density at radius 3 is 2.96 bits per heavy atom. The van der Waals surface area contributed by atoms with Crippen molar-refractivity contribution >= 4 is 17.2 Å². The predicted molar refractivity (Wildman–Crippen MR) is 88.1 cm³/mol. The number of ether oxygens (including phenoxy) is 2. The molecule has 1 fully saturated rings. The highest BCUT2D eigenvalue weighted by Gasteiger charge is 2.42. The zero-order valence-corrected chi connectivity index (χ0v) is 14.4. The molecule has 2 heterocycles. The third-order valence-corrected chi connectivity index (χ3v) is 5.15. The molecule has 1 aromatic heterocycles. The molecule has 0 spiro atoms. The minimum atomic E-state index is -1.38. The fourth-order valence-corrected chi connectivity index (χ4v) is 3.52. The van der Waals surface area contributed by atoms with Gasteiger partial charge in [-0.1, -0.05) is 18.2 Å². The molecule has 0 radical (unpaired) electrons. The second-order valence-corrected chi connectivity index (χ2v) is 6.62. The smallest absolute Gasteiger partial charge is 0.259 e. The van der Waals surface area contributed by atoms with Crippen LogP contribution in [0.25, 0.3) is 0 Å². The van der Waals surface area contributed by atoms with Crippen molar-refractivity contribution in [2.24, 2.45) is 0 Å². The lowest BCUT2D eigenvalue weighted by atomic mass is 9.93. The Labute approximate surface area is 144 Å². The van der Waals surface area contributed by atoms with Crippen molar-refractivity contribution in [1.29, 1.82) is 0 Å². The van der Waals surface area contributed by atoms with Crippen LogP contribution in [0.15, 0.2) is 35.8 Å². The summed E-state index contributed by atoms with van der Waals surface area (Å²) in [6.45, 7) is 2.82. The van der Waals surface area contributed by atoms with Gasteiger partial charge in [0.2, 0.25) is 0 Å². The van der Waals surface area contributed by atoms with E-state index in [0.717, 1.165) is 5.01 Å². The first-order valence-corrected chi connectivity index (χ1v) is 8.54. The van der Waals surface area contributed by atoms with Gasteiger partial charge in [-0.25, -0.2) is 9.37 Å². The largest absolute Gasteiger partial charge is 0.367 e. The van der Waals surface area contributed by atoms with Gasteiger partial charge in [0.1, 0.15) is 16.9 Å². The third kappa shape index (κ3) is 3.07. The Morgan fingerprint density at radius 1 is 1.50 bits per heavy atom. The molecule has 1 saturated heterocycles. The van der Waals surface area contributed by atoms with E-state index in [1.54, 1.807) is 36.2 Å². The number of methoxy groups -OCH3 is 1. The maximum absolute atomic E-state index is 14.2. The van der Waals surface area contributed by atoms with E-state index < -0.39 is 11.4 Å². The summed E-state index contributed by atoms with van der Waals surface area (Å²) >= 11 is 1.49. The summed E-state index contributed by atoms with van der Waals surface area (Å²) < 4.78 is 25.4. The van der Waals surface area contributed by atoms with Crippen molar-refractivity contribution in [2.75, 3.05) is 26.8 Å². The molecule has 128 valence electrons. The normalized spacial score (nSPS) is 20.6. The molecule has 0 aliphatic carbocycles. The van der Waals surface area contributed by atoms with Crippen LogP contribution < -0.4 is 0 Å². The van der Waals surface area contributed by atoms with Gasteiger partial charge in [0.25, 0.3) is 5.91 Å². The van der Waals surface area contributed by atoms with Gasteiger partial charge >= 0.3 is 0 Å². The number of morpholine rings is 1. The van der Waals surface area contributed by atoms with Gasteiger partial charge < -0.3 is 14.4 Å². The number of aromatic nitrogens is 1. The molecule has 1 aliphatic heterocycles. The number of hydrogen-bond acceptors (Lipinski definition) is 5. The van der Waals surface area contributed by atoms with E-state index in [-0.39, 0.29) is 17.6 Å². The summed E-state index contributed by atoms with van der Waals surface area (Å²) in [5.74, 6) is -0.736. The fourth-order valence-electron chi connectivity index (χ4n) is 2.84. The van der Waals surface area contributed by atoms with Crippen LogP contribution in [0.1, 0.15) is 23.6 Å². The molecule has 3 rings (SSSR count). The van der Waals surface area contributed by atoms with Crippen molar-refractivity contribution in [3.63, 3.8) is 0 Å². The SMILES string of the molecule is COC(C)(C(=O)N1CCOC(c2nccs2)C1)c1ccccc1F. The van der Waals surface area contributed by atoms with Crippen molar-refractivity contribution in [3.8, 4) is 0 Å². The van der Waals surface area contributed by atoms with Gasteiger partial charge in [-0.05, 0) is 13.0 Å². The van der Waals surface area contributed by atoms with Crippen molar-refractivity contribution in [3.05, 3.63) is 52.2 Å². The van der Waals surface area contributed by atoms with E-state index >= 15 is 0 Å². The maximum Gasteiger partial charge on any atom is 0.259 e. The minimum absolute atomic E-state index is 0.231. The van der Waals surface area contributed by atoms with Crippen LogP contribution in [0.3, 0.4) is 0 Å². The molecule has 1 amide bonds. The van der Waals surface area contributed by atoms with Gasteiger partial charge in [0.15, 0.2) is 5.60 Å². The van der Waals surface area contributed by atoms with Crippen LogP contribution in [0.2, 0.25) is 0 Å². The molecule has 0 saturated carbocycles. The Balaban J connectivity index is 1.85. The van der Waals surface area contributed by atoms with Crippen molar-refractivity contribution in [1.82, 2.24) is 9.88 Å². The predicted octanol–water partition coefficient (Wildman–Crippen LogP) is 2.74. The van der Waals surface area contributed by atoms with Gasteiger partial charge in [-0.3, -0.25) is 4.79 Å². The molecular formula is C17H19FN2O3S. The summed E-state index contributed by atoms with van der Waals surface area (Å²) in [5.41, 5.74) is -1.15. The van der Waals surface area contributed by atoms with Crippen LogP contribution in [-0.2, 0) is 19.9 Å². The third-order valence-electron chi connectivity index (χ3n) is 4.28. The van der Waals surface area contributed by atoms with Crippen LogP contribution in [0, 0.1) is 5.82 Å². The average Bonchev–Trinajstić information content (AvgIpc) is 3.15. The van der Waals surface area contributed by atoms with Gasteiger partial charge in [0.05, 0.1) is 13.2 Å². The van der Waals surface area contributed by atoms with E-state index in [4.69, 9.17) is 9.47 Å². The molecule has 2 aromatic rings. The number of hydrogen-bond donors (Lipinski definition) is 0. The second-order valence-electron chi connectivity index (χ2n) is 5.70. The van der Waals surface area contributed by atoms with Gasteiger partial charge in [0, 0.05) is 30.8 Å². The second kappa shape index (κ2) is 6.96. The highest BCUT2D eigenvalue weighted by Crippen LogP contribution is 2.32. The monoisotopic (exact) mass is 350 g/mol. The topological polar surface area (TPSA) is 51.7 Å². The van der Waals surface area contributed by atoms with Gasteiger partial charge in [-0.15, -0.1) is 11.3 Å². The molecule has 0 N–H and O–H groups in total. The lowest BCUT2D eigenvalue weighted by Gasteiger charge is -2.38. The molecule has 5 nitrogen and oxygen atoms in total. The zero-order chi connectivity index (χ0) is 17.2. The molecule has 0 bridgehead atoms. The molecule has 2 atom stereocenters. The van der Waals surface area contributed by atoms with Crippen molar-refractivity contribution < 1.29 is 18.7 Å². The molecule has 1 aliphatic rings. The number of benzene rings is 1. The number of carbonyl (C=O) groups is 1. The lowest BCUT2D eigenvalue weighted by Crippen LogP contribution is -2.51. The molecular weight excluding hydrogens is 331 g/mol. The summed E-state index contributed by atoms with van der Waals surface area (Å²) in [7, 11) is 1.42.